The Bertz CT molecular complexity index is 221. The Hall–Kier alpha value is -0.160. The first-order valence-electron chi connectivity index (χ1n) is 8.31. The van der Waals surface area contributed by atoms with Gasteiger partial charge in [-0.05, 0) is 39.5 Å². The molecule has 4 heteroatoms. The van der Waals surface area contributed by atoms with Crippen LogP contribution in [0.15, 0.2) is 0 Å². The topological polar surface area (TPSA) is 36.9 Å². The smallest absolute Gasteiger partial charge is 0.231 e. The molecule has 1 rings (SSSR count). The lowest BCUT2D eigenvalue weighted by Crippen LogP contribution is -2.40. The van der Waals surface area contributed by atoms with Gasteiger partial charge in [-0.25, -0.2) is 9.78 Å². The number of hydrogen-bond donors (Lipinski definition) is 0. The van der Waals surface area contributed by atoms with Crippen LogP contribution in [0.25, 0.3) is 0 Å². The highest BCUT2D eigenvalue weighted by molar-refractivity contribution is 4.73. The van der Waals surface area contributed by atoms with Gasteiger partial charge in [0, 0.05) is 12.8 Å². The van der Waals surface area contributed by atoms with Gasteiger partial charge in [0.25, 0.3) is 0 Å². The lowest BCUT2D eigenvalue weighted by atomic mass is 9.94. The molecule has 2 unspecified atom stereocenters. The van der Waals surface area contributed by atoms with Crippen molar-refractivity contribution in [2.45, 2.75) is 103 Å². The van der Waals surface area contributed by atoms with Gasteiger partial charge in [-0.1, -0.05) is 33.1 Å². The summed E-state index contributed by atoms with van der Waals surface area (Å²) in [4.78, 5) is 22.4. The van der Waals surface area contributed by atoms with E-state index in [1.54, 1.807) is 0 Å². The van der Waals surface area contributed by atoms with Crippen molar-refractivity contribution in [2.75, 3.05) is 0 Å². The molecule has 0 aliphatic heterocycles. The molecule has 0 saturated heterocycles. The van der Waals surface area contributed by atoms with Crippen molar-refractivity contribution >= 4 is 0 Å². The fraction of sp³-hybridized carbons (Fsp3) is 1.00. The highest BCUT2D eigenvalue weighted by atomic mass is 17.3. The molecule has 20 heavy (non-hydrogen) atoms. The third-order valence-electron chi connectivity index (χ3n) is 3.73. The van der Waals surface area contributed by atoms with Gasteiger partial charge >= 0.3 is 0 Å². The first-order chi connectivity index (χ1) is 9.62. The van der Waals surface area contributed by atoms with Crippen LogP contribution in [-0.2, 0) is 19.6 Å². The summed E-state index contributed by atoms with van der Waals surface area (Å²) in [5, 5.41) is 0. The van der Waals surface area contributed by atoms with Gasteiger partial charge in [0.05, 0.1) is 12.2 Å². The van der Waals surface area contributed by atoms with Gasteiger partial charge in [-0.15, -0.1) is 0 Å². The summed E-state index contributed by atoms with van der Waals surface area (Å²) in [5.74, 6) is -0.706. The minimum absolute atomic E-state index is 0.0930. The molecular formula is C16H32O4. The summed E-state index contributed by atoms with van der Waals surface area (Å²) >= 11 is 0. The maximum absolute atomic E-state index is 5.67. The van der Waals surface area contributed by atoms with Crippen LogP contribution in [0.2, 0.25) is 0 Å². The van der Waals surface area contributed by atoms with E-state index in [4.69, 9.17) is 19.6 Å². The predicted molar refractivity (Wildman–Crippen MR) is 78.9 cm³/mol. The molecule has 0 amide bonds. The zero-order chi connectivity index (χ0) is 14.8. The van der Waals surface area contributed by atoms with Crippen molar-refractivity contribution in [2.24, 2.45) is 0 Å². The second-order valence-corrected chi connectivity index (χ2v) is 6.03. The van der Waals surface area contributed by atoms with Crippen LogP contribution in [0.1, 0.15) is 85.5 Å². The molecule has 4 nitrogen and oxygen atoms in total. The average Bonchev–Trinajstić information content (AvgIpc) is 2.45. The molecule has 1 fully saturated rings. The third kappa shape index (κ3) is 6.53. The van der Waals surface area contributed by atoms with Gasteiger partial charge in [0.15, 0.2) is 0 Å². The van der Waals surface area contributed by atoms with E-state index in [1.807, 2.05) is 13.8 Å². The summed E-state index contributed by atoms with van der Waals surface area (Å²) in [6, 6.07) is 0. The van der Waals surface area contributed by atoms with Crippen molar-refractivity contribution in [3.63, 3.8) is 0 Å². The minimum Gasteiger partial charge on any atom is -0.231 e. The third-order valence-corrected chi connectivity index (χ3v) is 3.73. The Morgan fingerprint density at radius 3 is 1.65 bits per heavy atom. The molecule has 0 spiro atoms. The summed E-state index contributed by atoms with van der Waals surface area (Å²) < 4.78 is 0. The maximum atomic E-state index is 5.67. The standard InChI is InChI=1S/C16H32O4/c1-5-10-14(3)17-19-16(12-8-7-9-13-16)20-18-15(4)11-6-2/h14-15H,5-13H2,1-4H3. The molecule has 0 aromatic heterocycles. The molecule has 1 aliphatic carbocycles. The molecule has 1 aliphatic rings. The van der Waals surface area contributed by atoms with Crippen LogP contribution < -0.4 is 0 Å². The highest BCUT2D eigenvalue weighted by Gasteiger charge is 2.38. The second-order valence-electron chi connectivity index (χ2n) is 6.03. The van der Waals surface area contributed by atoms with E-state index < -0.39 is 5.79 Å². The predicted octanol–water partition coefficient (Wildman–Crippen LogP) is 4.92. The Morgan fingerprint density at radius 2 is 1.25 bits per heavy atom. The number of hydrogen-bond acceptors (Lipinski definition) is 4. The second kappa shape index (κ2) is 9.72. The molecule has 1 saturated carbocycles. The van der Waals surface area contributed by atoms with Gasteiger partial charge in [0.1, 0.15) is 0 Å². The van der Waals surface area contributed by atoms with E-state index in [9.17, 15) is 0 Å². The summed E-state index contributed by atoms with van der Waals surface area (Å²) in [7, 11) is 0. The molecule has 0 aromatic carbocycles. The Morgan fingerprint density at radius 1 is 0.800 bits per heavy atom. The largest absolute Gasteiger partial charge is 0.234 e. The van der Waals surface area contributed by atoms with E-state index in [0.717, 1.165) is 51.4 Å². The summed E-state index contributed by atoms with van der Waals surface area (Å²) in [5.41, 5.74) is 0. The minimum atomic E-state index is -0.706. The lowest BCUT2D eigenvalue weighted by Gasteiger charge is -2.35. The van der Waals surface area contributed by atoms with Gasteiger partial charge in [-0.2, -0.15) is 9.78 Å². The van der Waals surface area contributed by atoms with Gasteiger partial charge in [-0.3, -0.25) is 0 Å². The van der Waals surface area contributed by atoms with E-state index in [0.29, 0.717) is 0 Å². The normalized spacial score (nSPS) is 21.6. The fourth-order valence-corrected chi connectivity index (χ4v) is 2.52. The Kier molecular flexibility index (Phi) is 8.69. The maximum Gasteiger partial charge on any atom is 0.234 e. The highest BCUT2D eigenvalue weighted by Crippen LogP contribution is 2.34. The monoisotopic (exact) mass is 288 g/mol. The SMILES string of the molecule is CCCC(C)OOC1(OOC(C)CCC)CCCCC1. The zero-order valence-electron chi connectivity index (χ0n) is 13.7. The van der Waals surface area contributed by atoms with Crippen LogP contribution >= 0.6 is 0 Å². The van der Waals surface area contributed by atoms with Gasteiger partial charge < -0.3 is 0 Å². The molecule has 120 valence electrons. The Labute approximate surface area is 124 Å². The van der Waals surface area contributed by atoms with Crippen molar-refractivity contribution in [3.8, 4) is 0 Å². The first kappa shape index (κ1) is 17.9. The van der Waals surface area contributed by atoms with Crippen LogP contribution in [0.3, 0.4) is 0 Å². The molecule has 2 atom stereocenters. The molecule has 0 N–H and O–H groups in total. The van der Waals surface area contributed by atoms with Crippen LogP contribution in [0.4, 0.5) is 0 Å². The van der Waals surface area contributed by atoms with E-state index in [2.05, 4.69) is 13.8 Å². The average molecular weight is 288 g/mol. The zero-order valence-corrected chi connectivity index (χ0v) is 13.7. The van der Waals surface area contributed by atoms with Crippen LogP contribution in [0, 0.1) is 0 Å². The molecule has 0 aromatic rings. The van der Waals surface area contributed by atoms with Crippen LogP contribution in [0.5, 0.6) is 0 Å². The van der Waals surface area contributed by atoms with Gasteiger partial charge in [0.2, 0.25) is 5.79 Å². The van der Waals surface area contributed by atoms with E-state index >= 15 is 0 Å². The van der Waals surface area contributed by atoms with E-state index in [-0.39, 0.29) is 12.2 Å². The van der Waals surface area contributed by atoms with Crippen molar-refractivity contribution in [1.29, 1.82) is 0 Å². The van der Waals surface area contributed by atoms with E-state index in [1.165, 1.54) is 6.42 Å². The van der Waals surface area contributed by atoms with Crippen molar-refractivity contribution in [1.82, 2.24) is 0 Å². The fourth-order valence-electron chi connectivity index (χ4n) is 2.52. The summed E-state index contributed by atoms with van der Waals surface area (Å²) in [6.07, 6.45) is 9.43. The Balaban J connectivity index is 2.44. The van der Waals surface area contributed by atoms with Crippen LogP contribution in [-0.4, -0.2) is 18.0 Å². The molecule has 0 bridgehead atoms. The molecule has 0 radical (unpaired) electrons. The molecular weight excluding hydrogens is 256 g/mol. The lowest BCUT2D eigenvalue weighted by molar-refractivity contribution is -0.531. The summed E-state index contributed by atoms with van der Waals surface area (Å²) in [6.45, 7) is 8.34. The van der Waals surface area contributed by atoms with Crippen molar-refractivity contribution in [3.05, 3.63) is 0 Å². The molecule has 0 heterocycles. The quantitative estimate of drug-likeness (QED) is 0.325. The first-order valence-corrected chi connectivity index (χ1v) is 8.31. The number of rotatable bonds is 10. The van der Waals surface area contributed by atoms with Crippen molar-refractivity contribution < 1.29 is 19.6 Å².